The van der Waals surface area contributed by atoms with Crippen LogP contribution in [-0.2, 0) is 41.6 Å². The number of carbonyl (C=O) groups is 6. The number of aliphatic carboxylic acids is 1. The number of carboxylic acid groups (broad SMARTS) is 1. The zero-order chi connectivity index (χ0) is 30.8. The van der Waals surface area contributed by atoms with Gasteiger partial charge >= 0.3 is 5.97 Å². The third-order valence-electron chi connectivity index (χ3n) is 6.40. The summed E-state index contributed by atoms with van der Waals surface area (Å²) in [6, 6.07) is 1.82. The fourth-order valence-corrected chi connectivity index (χ4v) is 4.21. The van der Waals surface area contributed by atoms with Crippen molar-refractivity contribution in [3.63, 3.8) is 0 Å². The van der Waals surface area contributed by atoms with E-state index in [4.69, 9.17) is 17.2 Å². The van der Waals surface area contributed by atoms with Gasteiger partial charge in [0.2, 0.25) is 29.5 Å². The first-order chi connectivity index (χ1) is 19.9. The molecule has 16 heteroatoms. The number of primary amides is 2. The lowest BCUT2D eigenvalue weighted by molar-refractivity contribution is -0.142. The van der Waals surface area contributed by atoms with Crippen LogP contribution in [0.2, 0.25) is 0 Å². The van der Waals surface area contributed by atoms with Crippen LogP contribution in [-0.4, -0.2) is 79.7 Å². The van der Waals surface area contributed by atoms with Crippen molar-refractivity contribution in [2.45, 2.75) is 56.3 Å². The molecule has 4 atom stereocenters. The minimum Gasteiger partial charge on any atom is -0.480 e. The van der Waals surface area contributed by atoms with Crippen molar-refractivity contribution in [3.05, 3.63) is 54.2 Å². The average molecular weight is 584 g/mol. The quantitative estimate of drug-likeness (QED) is 0.0874. The highest BCUT2D eigenvalue weighted by atomic mass is 16.4. The third kappa shape index (κ3) is 8.88. The number of nitrogens with zero attached hydrogens (tertiary/aromatic N) is 1. The Bertz CT molecular complexity index is 1440. The molecule has 0 bridgehead atoms. The molecule has 224 valence electrons. The maximum atomic E-state index is 13.4. The number of aromatic nitrogens is 3. The number of carboxylic acids is 1. The summed E-state index contributed by atoms with van der Waals surface area (Å²) >= 11 is 0. The number of benzene rings is 1. The molecule has 2 heterocycles. The Labute approximate surface area is 239 Å². The predicted octanol–water partition coefficient (Wildman–Crippen LogP) is -2.32. The number of fused-ring (bicyclic) bond motifs is 1. The van der Waals surface area contributed by atoms with Gasteiger partial charge < -0.3 is 48.2 Å². The molecule has 4 unspecified atom stereocenters. The summed E-state index contributed by atoms with van der Waals surface area (Å²) in [6.45, 7) is 0. The van der Waals surface area contributed by atoms with E-state index in [0.717, 1.165) is 10.9 Å². The fraction of sp³-hybridized carbons (Fsp3) is 0.346. The van der Waals surface area contributed by atoms with Crippen LogP contribution in [0.4, 0.5) is 0 Å². The van der Waals surface area contributed by atoms with Crippen LogP contribution in [0.25, 0.3) is 10.9 Å². The van der Waals surface area contributed by atoms with Gasteiger partial charge in [-0.3, -0.25) is 24.0 Å². The summed E-state index contributed by atoms with van der Waals surface area (Å²) in [5, 5.41) is 17.9. The van der Waals surface area contributed by atoms with E-state index in [1.807, 2.05) is 18.2 Å². The summed E-state index contributed by atoms with van der Waals surface area (Å²) in [5.41, 5.74) is 18.0. The van der Waals surface area contributed by atoms with Crippen LogP contribution in [0.3, 0.4) is 0 Å². The van der Waals surface area contributed by atoms with Crippen LogP contribution < -0.4 is 33.2 Å². The van der Waals surface area contributed by atoms with Gasteiger partial charge in [-0.15, -0.1) is 0 Å². The van der Waals surface area contributed by atoms with Crippen LogP contribution in [0.1, 0.15) is 30.5 Å². The van der Waals surface area contributed by atoms with Crippen molar-refractivity contribution in [1.82, 2.24) is 30.9 Å². The Morgan fingerprint density at radius 2 is 1.52 bits per heavy atom. The first-order valence-corrected chi connectivity index (χ1v) is 12.9. The number of nitrogens with one attached hydrogen (secondary N) is 5. The molecule has 2 aromatic heterocycles. The molecule has 42 heavy (non-hydrogen) atoms. The number of hydrogen-bond acceptors (Lipinski definition) is 8. The number of nitrogens with two attached hydrogens (primary N) is 3. The molecule has 0 aliphatic carbocycles. The summed E-state index contributed by atoms with van der Waals surface area (Å²) in [7, 11) is 0. The third-order valence-corrected chi connectivity index (χ3v) is 6.40. The van der Waals surface area contributed by atoms with Crippen molar-refractivity contribution in [3.8, 4) is 0 Å². The van der Waals surface area contributed by atoms with Gasteiger partial charge in [0.1, 0.15) is 18.1 Å². The normalized spacial score (nSPS) is 13.8. The maximum Gasteiger partial charge on any atom is 0.326 e. The number of para-hydroxylation sites is 1. The minimum atomic E-state index is -1.52. The van der Waals surface area contributed by atoms with Crippen molar-refractivity contribution < 1.29 is 33.9 Å². The summed E-state index contributed by atoms with van der Waals surface area (Å²) < 4.78 is 0. The molecule has 12 N–H and O–H groups in total. The Kier molecular flexibility index (Phi) is 10.7. The molecule has 1 aromatic carbocycles. The lowest BCUT2D eigenvalue weighted by atomic mass is 10.0. The zero-order valence-corrected chi connectivity index (χ0v) is 22.5. The van der Waals surface area contributed by atoms with Gasteiger partial charge in [0, 0.05) is 48.3 Å². The maximum absolute atomic E-state index is 13.4. The summed E-state index contributed by atoms with van der Waals surface area (Å²) in [5.74, 6) is -5.55. The van der Waals surface area contributed by atoms with E-state index in [2.05, 4.69) is 30.9 Å². The molecule has 0 aliphatic rings. The SMILES string of the molecule is NC(=O)CCC(N)C(=O)NC(CC(N)=O)C(=O)NC(Cc1cnc[nH]1)C(=O)NC(Cc1c[nH]c2ccccc12)C(=O)O. The van der Waals surface area contributed by atoms with Gasteiger partial charge in [0.25, 0.3) is 0 Å². The predicted molar refractivity (Wildman–Crippen MR) is 148 cm³/mol. The first kappa shape index (κ1) is 31.3. The van der Waals surface area contributed by atoms with Gasteiger partial charge in [-0.25, -0.2) is 9.78 Å². The van der Waals surface area contributed by atoms with E-state index in [1.54, 1.807) is 12.3 Å². The van der Waals surface area contributed by atoms with E-state index >= 15 is 0 Å². The molecule has 5 amide bonds. The minimum absolute atomic E-state index is 0.0562. The van der Waals surface area contributed by atoms with E-state index in [0.29, 0.717) is 11.3 Å². The van der Waals surface area contributed by atoms with Crippen molar-refractivity contribution in [2.24, 2.45) is 17.2 Å². The lowest BCUT2D eigenvalue weighted by Gasteiger charge is -2.24. The van der Waals surface area contributed by atoms with E-state index in [9.17, 15) is 33.9 Å². The van der Waals surface area contributed by atoms with Crippen LogP contribution in [0.15, 0.2) is 43.0 Å². The van der Waals surface area contributed by atoms with Gasteiger partial charge in [-0.1, -0.05) is 18.2 Å². The van der Waals surface area contributed by atoms with Crippen molar-refractivity contribution in [1.29, 1.82) is 0 Å². The van der Waals surface area contributed by atoms with Gasteiger partial charge in [-0.05, 0) is 18.1 Å². The van der Waals surface area contributed by atoms with E-state index in [-0.39, 0.29) is 25.7 Å². The monoisotopic (exact) mass is 583 g/mol. The number of imidazole rings is 1. The second-order valence-electron chi connectivity index (χ2n) is 9.65. The van der Waals surface area contributed by atoms with Crippen molar-refractivity contribution >= 4 is 46.4 Å². The second kappa shape index (κ2) is 14.4. The second-order valence-corrected chi connectivity index (χ2v) is 9.65. The summed E-state index contributed by atoms with van der Waals surface area (Å²) in [4.78, 5) is 83.6. The Balaban J connectivity index is 1.77. The molecule has 0 saturated heterocycles. The molecule has 3 aromatic rings. The molecular formula is C26H33N9O7. The highest BCUT2D eigenvalue weighted by Gasteiger charge is 2.32. The largest absolute Gasteiger partial charge is 0.480 e. The molecule has 16 nitrogen and oxygen atoms in total. The van der Waals surface area contributed by atoms with Crippen LogP contribution >= 0.6 is 0 Å². The molecule has 0 fully saturated rings. The number of amides is 5. The van der Waals surface area contributed by atoms with Crippen LogP contribution in [0, 0.1) is 0 Å². The standard InChI is InChI=1S/C26H33N9O7/c27-16(5-6-21(28)36)23(38)33-19(9-22(29)37)25(40)34-18(8-14-11-30-12-32-14)24(39)35-20(26(41)42)7-13-10-31-17-4-2-1-3-15(13)17/h1-4,10-12,16,18-20,31H,5-9,27H2,(H2,28,36)(H2,29,37)(H,30,32)(H,33,38)(H,34,40)(H,35,39)(H,41,42). The molecule has 0 spiro atoms. The molecule has 0 radical (unpaired) electrons. The Morgan fingerprint density at radius 3 is 2.17 bits per heavy atom. The highest BCUT2D eigenvalue weighted by Crippen LogP contribution is 2.19. The number of aromatic amines is 2. The number of H-pyrrole nitrogens is 2. The van der Waals surface area contributed by atoms with Gasteiger partial charge in [-0.2, -0.15) is 0 Å². The first-order valence-electron chi connectivity index (χ1n) is 12.9. The number of carbonyl (C=O) groups excluding carboxylic acids is 5. The number of rotatable bonds is 16. The van der Waals surface area contributed by atoms with Crippen LogP contribution in [0.5, 0.6) is 0 Å². The molecular weight excluding hydrogens is 550 g/mol. The van der Waals surface area contributed by atoms with Gasteiger partial charge in [0.05, 0.1) is 18.8 Å². The topological polar surface area (TPSA) is 281 Å². The van der Waals surface area contributed by atoms with E-state index < -0.39 is 66.1 Å². The Hall–Kier alpha value is -5.25. The zero-order valence-electron chi connectivity index (χ0n) is 22.5. The highest BCUT2D eigenvalue weighted by molar-refractivity contribution is 5.96. The molecule has 0 aliphatic heterocycles. The molecule has 3 rings (SSSR count). The average Bonchev–Trinajstić information content (AvgIpc) is 3.60. The molecule has 0 saturated carbocycles. The fourth-order valence-electron chi connectivity index (χ4n) is 4.21. The smallest absolute Gasteiger partial charge is 0.326 e. The number of hydrogen-bond donors (Lipinski definition) is 9. The lowest BCUT2D eigenvalue weighted by Crippen LogP contribution is -2.58. The Morgan fingerprint density at radius 1 is 0.857 bits per heavy atom. The van der Waals surface area contributed by atoms with E-state index in [1.165, 1.54) is 12.5 Å². The summed E-state index contributed by atoms with van der Waals surface area (Å²) in [6.07, 6.45) is 3.31. The van der Waals surface area contributed by atoms with Crippen molar-refractivity contribution in [2.75, 3.05) is 0 Å². The van der Waals surface area contributed by atoms with Gasteiger partial charge in [0.15, 0.2) is 0 Å².